The molecule has 0 aromatic heterocycles. The van der Waals surface area contributed by atoms with E-state index < -0.39 is 0 Å². The number of fused-ring (bicyclic) bond motifs is 1. The van der Waals surface area contributed by atoms with E-state index in [4.69, 9.17) is 10.5 Å². The molecule has 0 fully saturated rings. The Morgan fingerprint density at radius 1 is 1.14 bits per heavy atom. The summed E-state index contributed by atoms with van der Waals surface area (Å²) in [6.45, 7) is 2.21. The average Bonchev–Trinajstić information content (AvgIpc) is 2.89. The number of methoxy groups -OCH3 is 1. The van der Waals surface area contributed by atoms with E-state index in [1.54, 1.807) is 7.11 Å². The number of benzene rings is 2. The van der Waals surface area contributed by atoms with Crippen LogP contribution in [-0.4, -0.2) is 7.11 Å². The summed E-state index contributed by atoms with van der Waals surface area (Å²) in [5.41, 5.74) is 10.2. The lowest BCUT2D eigenvalue weighted by Gasteiger charge is -2.23. The number of hydrogen-bond donors (Lipinski definition) is 2. The Labute approximate surface area is 132 Å². The maximum absolute atomic E-state index is 6.27. The molecule has 22 heavy (non-hydrogen) atoms. The zero-order valence-corrected chi connectivity index (χ0v) is 13.3. The molecule has 0 spiro atoms. The lowest BCUT2D eigenvalue weighted by Crippen LogP contribution is -2.25. The zero-order valence-electron chi connectivity index (χ0n) is 13.3. The molecule has 1 aliphatic rings. The first-order valence-corrected chi connectivity index (χ1v) is 7.97. The van der Waals surface area contributed by atoms with Gasteiger partial charge in [0.1, 0.15) is 5.75 Å². The minimum Gasteiger partial charge on any atom is -0.497 e. The molecule has 116 valence electrons. The topological polar surface area (TPSA) is 47.3 Å². The van der Waals surface area contributed by atoms with Crippen LogP contribution in [0.3, 0.4) is 0 Å². The summed E-state index contributed by atoms with van der Waals surface area (Å²) >= 11 is 0. The summed E-state index contributed by atoms with van der Waals surface area (Å²) < 4.78 is 5.24. The van der Waals surface area contributed by atoms with E-state index in [1.165, 1.54) is 16.7 Å². The van der Waals surface area contributed by atoms with E-state index >= 15 is 0 Å². The molecule has 0 heterocycles. The maximum Gasteiger partial charge on any atom is 0.118 e. The van der Waals surface area contributed by atoms with Gasteiger partial charge in [0.2, 0.25) is 0 Å². The van der Waals surface area contributed by atoms with Crippen molar-refractivity contribution < 1.29 is 4.74 Å². The first-order chi connectivity index (χ1) is 10.7. The van der Waals surface area contributed by atoms with E-state index in [0.717, 1.165) is 18.6 Å². The lowest BCUT2D eigenvalue weighted by molar-refractivity contribution is 0.409. The van der Waals surface area contributed by atoms with E-state index in [0.29, 0.717) is 12.1 Å². The minimum atomic E-state index is 0.141. The molecule has 3 nitrogen and oxygen atoms in total. The van der Waals surface area contributed by atoms with Crippen molar-refractivity contribution in [1.29, 1.82) is 0 Å². The van der Waals surface area contributed by atoms with Crippen molar-refractivity contribution in [3.05, 3.63) is 65.2 Å². The molecule has 2 aromatic carbocycles. The number of nitrogens with two attached hydrogens (primary N) is 1. The minimum absolute atomic E-state index is 0.141. The van der Waals surface area contributed by atoms with Crippen molar-refractivity contribution in [3.8, 4) is 5.75 Å². The van der Waals surface area contributed by atoms with Crippen LogP contribution in [0.15, 0.2) is 48.5 Å². The molecule has 1 aliphatic carbocycles. The molecule has 0 aliphatic heterocycles. The molecule has 0 bridgehead atoms. The third-order valence-corrected chi connectivity index (χ3v) is 4.59. The Bertz CT molecular complexity index is 624. The summed E-state index contributed by atoms with van der Waals surface area (Å²) in [5.74, 6) is 0.895. The van der Waals surface area contributed by atoms with Gasteiger partial charge in [0, 0.05) is 18.1 Å². The molecular weight excluding hydrogens is 272 g/mol. The van der Waals surface area contributed by atoms with Gasteiger partial charge in [-0.3, -0.25) is 0 Å². The maximum atomic E-state index is 6.27. The van der Waals surface area contributed by atoms with Crippen LogP contribution in [-0.2, 0) is 0 Å². The highest BCUT2D eigenvalue weighted by atomic mass is 16.5. The standard InChI is InChI=1S/C19H24N2O/c1-3-18(13-8-10-14(22-2)11-9-13)21-19-12-17(20)15-6-4-5-7-16(15)19/h4-11,17-19,21H,3,12,20H2,1-2H3. The third kappa shape index (κ3) is 2.87. The molecule has 0 amide bonds. The van der Waals surface area contributed by atoms with Crippen molar-refractivity contribution in [1.82, 2.24) is 5.32 Å². The van der Waals surface area contributed by atoms with E-state index in [2.05, 4.69) is 48.6 Å². The zero-order chi connectivity index (χ0) is 15.5. The molecule has 0 saturated heterocycles. The van der Waals surface area contributed by atoms with Crippen molar-refractivity contribution in [2.75, 3.05) is 7.11 Å². The first kappa shape index (κ1) is 15.1. The fraction of sp³-hybridized carbons (Fsp3) is 0.368. The average molecular weight is 296 g/mol. The van der Waals surface area contributed by atoms with E-state index in [-0.39, 0.29) is 6.04 Å². The van der Waals surface area contributed by atoms with Crippen molar-refractivity contribution in [2.45, 2.75) is 37.9 Å². The summed E-state index contributed by atoms with van der Waals surface area (Å²) in [5, 5.41) is 3.79. The van der Waals surface area contributed by atoms with Crippen LogP contribution in [0.5, 0.6) is 5.75 Å². The van der Waals surface area contributed by atoms with Gasteiger partial charge in [-0.15, -0.1) is 0 Å². The number of rotatable bonds is 5. The van der Waals surface area contributed by atoms with Gasteiger partial charge >= 0.3 is 0 Å². The van der Waals surface area contributed by atoms with Gasteiger partial charge in [-0.1, -0.05) is 43.3 Å². The predicted molar refractivity (Wildman–Crippen MR) is 89.9 cm³/mol. The monoisotopic (exact) mass is 296 g/mol. The Morgan fingerprint density at radius 3 is 2.45 bits per heavy atom. The van der Waals surface area contributed by atoms with Crippen LogP contribution in [0.2, 0.25) is 0 Å². The molecule has 2 aromatic rings. The van der Waals surface area contributed by atoms with E-state index in [9.17, 15) is 0 Å². The van der Waals surface area contributed by atoms with Gasteiger partial charge in [-0.05, 0) is 41.7 Å². The number of ether oxygens (including phenoxy) is 1. The van der Waals surface area contributed by atoms with Crippen molar-refractivity contribution in [3.63, 3.8) is 0 Å². The fourth-order valence-corrected chi connectivity index (χ4v) is 3.36. The molecule has 3 heteroatoms. The molecule has 3 unspecified atom stereocenters. The largest absolute Gasteiger partial charge is 0.497 e. The molecule has 3 rings (SSSR count). The van der Waals surface area contributed by atoms with Crippen LogP contribution >= 0.6 is 0 Å². The van der Waals surface area contributed by atoms with Crippen LogP contribution in [0, 0.1) is 0 Å². The highest BCUT2D eigenvalue weighted by Crippen LogP contribution is 2.38. The summed E-state index contributed by atoms with van der Waals surface area (Å²) in [7, 11) is 1.70. The van der Waals surface area contributed by atoms with Gasteiger partial charge in [-0.25, -0.2) is 0 Å². The molecule has 3 atom stereocenters. The highest BCUT2D eigenvalue weighted by Gasteiger charge is 2.29. The Kier molecular flexibility index (Phi) is 4.46. The molecular formula is C19H24N2O. The fourth-order valence-electron chi connectivity index (χ4n) is 3.36. The highest BCUT2D eigenvalue weighted by molar-refractivity contribution is 5.38. The second-order valence-electron chi connectivity index (χ2n) is 5.92. The molecule has 3 N–H and O–H groups in total. The quantitative estimate of drug-likeness (QED) is 0.880. The van der Waals surface area contributed by atoms with Gasteiger partial charge < -0.3 is 15.8 Å². The first-order valence-electron chi connectivity index (χ1n) is 7.97. The Morgan fingerprint density at radius 2 is 1.82 bits per heavy atom. The molecule has 0 radical (unpaired) electrons. The van der Waals surface area contributed by atoms with Crippen LogP contribution in [0.4, 0.5) is 0 Å². The second-order valence-corrected chi connectivity index (χ2v) is 5.92. The van der Waals surface area contributed by atoms with Crippen LogP contribution in [0.1, 0.15) is 54.6 Å². The van der Waals surface area contributed by atoms with Crippen molar-refractivity contribution >= 4 is 0 Å². The third-order valence-electron chi connectivity index (χ3n) is 4.59. The summed E-state index contributed by atoms with van der Waals surface area (Å²) in [4.78, 5) is 0. The summed E-state index contributed by atoms with van der Waals surface area (Å²) in [6, 6.07) is 17.6. The predicted octanol–water partition coefficient (Wildman–Crippen LogP) is 3.88. The van der Waals surface area contributed by atoms with Gasteiger partial charge in [0.25, 0.3) is 0 Å². The second kappa shape index (κ2) is 6.51. The number of nitrogens with one attached hydrogen (secondary N) is 1. The Balaban J connectivity index is 1.78. The normalized spacial score (nSPS) is 21.4. The summed E-state index contributed by atoms with van der Waals surface area (Å²) in [6.07, 6.45) is 2.01. The lowest BCUT2D eigenvalue weighted by atomic mass is 10.0. The smallest absolute Gasteiger partial charge is 0.118 e. The van der Waals surface area contributed by atoms with E-state index in [1.807, 2.05) is 12.1 Å². The van der Waals surface area contributed by atoms with Crippen LogP contribution in [0.25, 0.3) is 0 Å². The van der Waals surface area contributed by atoms with Gasteiger partial charge in [-0.2, -0.15) is 0 Å². The Hall–Kier alpha value is -1.84. The van der Waals surface area contributed by atoms with Crippen LogP contribution < -0.4 is 15.8 Å². The van der Waals surface area contributed by atoms with Crippen molar-refractivity contribution in [2.24, 2.45) is 5.73 Å². The SMILES string of the molecule is CCC(NC1CC(N)c2ccccc21)c1ccc(OC)cc1. The number of hydrogen-bond acceptors (Lipinski definition) is 3. The molecule has 0 saturated carbocycles. The van der Waals surface area contributed by atoms with Gasteiger partial charge in [0.15, 0.2) is 0 Å². The van der Waals surface area contributed by atoms with Gasteiger partial charge in [0.05, 0.1) is 7.11 Å².